The van der Waals surface area contributed by atoms with E-state index >= 15 is 0 Å². The largest absolute Gasteiger partial charge is 0.573 e. The van der Waals surface area contributed by atoms with E-state index in [9.17, 15) is 31.5 Å². The maximum absolute atomic E-state index is 13.5. The van der Waals surface area contributed by atoms with Crippen LogP contribution in [0.15, 0.2) is 30.3 Å². The van der Waals surface area contributed by atoms with Gasteiger partial charge < -0.3 is 14.8 Å². The molecule has 2 rings (SSSR count). The topological polar surface area (TPSA) is 64.6 Å². The van der Waals surface area contributed by atoms with Gasteiger partial charge in [0, 0.05) is 17.3 Å². The number of nitrogens with one attached hydrogen (secondary N) is 1. The Morgan fingerprint density at radius 3 is 2.31 bits per heavy atom. The maximum Gasteiger partial charge on any atom is 0.573 e. The lowest BCUT2D eigenvalue weighted by Gasteiger charge is -2.15. The van der Waals surface area contributed by atoms with Crippen molar-refractivity contribution in [3.05, 3.63) is 53.1 Å². The standard InChI is InChI=1S/C16H10F5NO4/c1-25-15(24)10-5-11(17)12(18)6-14(10)22-13-3-2-9(4-8(13)7-23)26-16(19,20)21/h2-7,22H,1H3. The van der Waals surface area contributed by atoms with Gasteiger partial charge in [-0.2, -0.15) is 0 Å². The minimum Gasteiger partial charge on any atom is -0.465 e. The Morgan fingerprint density at radius 2 is 1.73 bits per heavy atom. The summed E-state index contributed by atoms with van der Waals surface area (Å²) in [5.74, 6) is -4.23. The smallest absolute Gasteiger partial charge is 0.465 e. The van der Waals surface area contributed by atoms with Gasteiger partial charge in [0.25, 0.3) is 0 Å². The minimum atomic E-state index is -4.95. The number of aldehydes is 1. The SMILES string of the molecule is COC(=O)c1cc(F)c(F)cc1Nc1ccc(OC(F)(F)F)cc1C=O. The van der Waals surface area contributed by atoms with Crippen LogP contribution >= 0.6 is 0 Å². The average molecular weight is 375 g/mol. The molecule has 26 heavy (non-hydrogen) atoms. The average Bonchev–Trinajstić information content (AvgIpc) is 2.57. The molecule has 138 valence electrons. The number of alkyl halides is 3. The first-order chi connectivity index (χ1) is 12.1. The van der Waals surface area contributed by atoms with Crippen molar-refractivity contribution in [2.75, 3.05) is 12.4 Å². The molecule has 10 heteroatoms. The molecule has 0 amide bonds. The van der Waals surface area contributed by atoms with E-state index < -0.39 is 29.7 Å². The molecule has 2 aromatic carbocycles. The number of methoxy groups -OCH3 is 1. The van der Waals surface area contributed by atoms with E-state index in [2.05, 4.69) is 14.8 Å². The normalized spacial score (nSPS) is 11.0. The Hall–Kier alpha value is -3.17. The van der Waals surface area contributed by atoms with Crippen molar-refractivity contribution in [3.8, 4) is 5.75 Å². The summed E-state index contributed by atoms with van der Waals surface area (Å²) in [4.78, 5) is 22.8. The number of hydrogen-bond donors (Lipinski definition) is 1. The number of halogens is 5. The predicted molar refractivity (Wildman–Crippen MR) is 79.5 cm³/mol. The molecule has 0 radical (unpaired) electrons. The van der Waals surface area contributed by atoms with Crippen molar-refractivity contribution in [2.24, 2.45) is 0 Å². The van der Waals surface area contributed by atoms with E-state index in [1.165, 1.54) is 0 Å². The highest BCUT2D eigenvalue weighted by Gasteiger charge is 2.31. The fourth-order valence-corrected chi connectivity index (χ4v) is 2.02. The molecule has 0 saturated heterocycles. The molecular weight excluding hydrogens is 365 g/mol. The van der Waals surface area contributed by atoms with Gasteiger partial charge in [-0.25, -0.2) is 13.6 Å². The number of benzene rings is 2. The molecule has 0 aliphatic carbocycles. The van der Waals surface area contributed by atoms with Gasteiger partial charge >= 0.3 is 12.3 Å². The van der Waals surface area contributed by atoms with E-state index in [0.717, 1.165) is 25.3 Å². The van der Waals surface area contributed by atoms with Gasteiger partial charge in [0.15, 0.2) is 17.9 Å². The van der Waals surface area contributed by atoms with E-state index in [4.69, 9.17) is 0 Å². The van der Waals surface area contributed by atoms with Crippen LogP contribution in [0.25, 0.3) is 0 Å². The molecule has 0 aliphatic heterocycles. The van der Waals surface area contributed by atoms with E-state index in [1.807, 2.05) is 0 Å². The zero-order valence-corrected chi connectivity index (χ0v) is 13.0. The quantitative estimate of drug-likeness (QED) is 0.482. The highest BCUT2D eigenvalue weighted by molar-refractivity contribution is 5.97. The van der Waals surface area contributed by atoms with Crippen LogP contribution in [-0.4, -0.2) is 25.7 Å². The van der Waals surface area contributed by atoms with E-state index in [0.29, 0.717) is 12.1 Å². The third kappa shape index (κ3) is 4.47. The number of carbonyl (C=O) groups is 2. The molecule has 0 atom stereocenters. The summed E-state index contributed by atoms with van der Waals surface area (Å²) in [6, 6.07) is 3.98. The van der Waals surface area contributed by atoms with E-state index in [1.54, 1.807) is 0 Å². The molecule has 1 N–H and O–H groups in total. The summed E-state index contributed by atoms with van der Waals surface area (Å²) < 4.78 is 71.7. The summed E-state index contributed by atoms with van der Waals surface area (Å²) >= 11 is 0. The lowest BCUT2D eigenvalue weighted by atomic mass is 10.1. The van der Waals surface area contributed by atoms with Gasteiger partial charge in [-0.1, -0.05) is 0 Å². The Labute approximate surface area is 143 Å². The number of ether oxygens (including phenoxy) is 2. The van der Waals surface area contributed by atoms with Crippen molar-refractivity contribution in [1.29, 1.82) is 0 Å². The number of rotatable bonds is 5. The molecule has 2 aromatic rings. The monoisotopic (exact) mass is 375 g/mol. The van der Waals surface area contributed by atoms with Crippen molar-refractivity contribution >= 4 is 23.6 Å². The van der Waals surface area contributed by atoms with Crippen LogP contribution in [0.4, 0.5) is 33.3 Å². The predicted octanol–water partition coefficient (Wildman–Crippen LogP) is 4.21. The van der Waals surface area contributed by atoms with Crippen LogP contribution in [0.1, 0.15) is 20.7 Å². The molecular formula is C16H10F5NO4. The van der Waals surface area contributed by atoms with Crippen LogP contribution < -0.4 is 10.1 Å². The molecule has 0 unspecified atom stereocenters. The van der Waals surface area contributed by atoms with Crippen LogP contribution in [-0.2, 0) is 4.74 Å². The summed E-state index contributed by atoms with van der Waals surface area (Å²) in [7, 11) is 1.02. The number of esters is 1. The zero-order chi connectivity index (χ0) is 19.5. The number of carbonyl (C=O) groups excluding carboxylic acids is 2. The fourth-order valence-electron chi connectivity index (χ4n) is 2.02. The van der Waals surface area contributed by atoms with Gasteiger partial charge in [0.05, 0.1) is 18.4 Å². The third-order valence-corrected chi connectivity index (χ3v) is 3.12. The fraction of sp³-hybridized carbons (Fsp3) is 0.125. The molecule has 0 aromatic heterocycles. The molecule has 0 aliphatic rings. The Balaban J connectivity index is 2.43. The first-order valence-electron chi connectivity index (χ1n) is 6.84. The van der Waals surface area contributed by atoms with Gasteiger partial charge in [0.1, 0.15) is 5.75 Å². The second-order valence-corrected chi connectivity index (χ2v) is 4.84. The second-order valence-electron chi connectivity index (χ2n) is 4.84. The van der Waals surface area contributed by atoms with Gasteiger partial charge in [-0.15, -0.1) is 13.2 Å². The number of anilines is 2. The Kier molecular flexibility index (Phi) is 5.44. The van der Waals surface area contributed by atoms with Crippen LogP contribution in [0.5, 0.6) is 5.75 Å². The lowest BCUT2D eigenvalue weighted by molar-refractivity contribution is -0.274. The van der Waals surface area contributed by atoms with Crippen LogP contribution in [0, 0.1) is 11.6 Å². The highest BCUT2D eigenvalue weighted by atomic mass is 19.4. The molecule has 0 bridgehead atoms. The second kappa shape index (κ2) is 7.38. The van der Waals surface area contributed by atoms with Crippen molar-refractivity contribution in [3.63, 3.8) is 0 Å². The third-order valence-electron chi connectivity index (χ3n) is 3.12. The molecule has 5 nitrogen and oxygen atoms in total. The minimum absolute atomic E-state index is 0.0642. The van der Waals surface area contributed by atoms with Gasteiger partial charge in [-0.3, -0.25) is 4.79 Å². The van der Waals surface area contributed by atoms with Crippen LogP contribution in [0.2, 0.25) is 0 Å². The first kappa shape index (κ1) is 19.2. The van der Waals surface area contributed by atoms with Gasteiger partial charge in [0.2, 0.25) is 0 Å². The summed E-state index contributed by atoms with van der Waals surface area (Å²) in [6.07, 6.45) is -4.73. The maximum atomic E-state index is 13.5. The Bertz CT molecular complexity index is 851. The first-order valence-corrected chi connectivity index (χ1v) is 6.84. The van der Waals surface area contributed by atoms with Crippen molar-refractivity contribution < 1.29 is 41.0 Å². The summed E-state index contributed by atoms with van der Waals surface area (Å²) in [5.41, 5.74) is -0.958. The van der Waals surface area contributed by atoms with Gasteiger partial charge in [-0.05, 0) is 24.3 Å². The lowest BCUT2D eigenvalue weighted by Crippen LogP contribution is -2.17. The van der Waals surface area contributed by atoms with Crippen LogP contribution in [0.3, 0.4) is 0 Å². The molecule has 0 fully saturated rings. The molecule has 0 saturated carbocycles. The molecule has 0 heterocycles. The zero-order valence-electron chi connectivity index (χ0n) is 13.0. The van der Waals surface area contributed by atoms with E-state index in [-0.39, 0.29) is 28.8 Å². The molecule has 0 spiro atoms. The number of hydrogen-bond acceptors (Lipinski definition) is 5. The summed E-state index contributed by atoms with van der Waals surface area (Å²) in [5, 5.41) is 2.49. The van der Waals surface area contributed by atoms with Crippen molar-refractivity contribution in [1.82, 2.24) is 0 Å². The summed E-state index contributed by atoms with van der Waals surface area (Å²) in [6.45, 7) is 0. The highest BCUT2D eigenvalue weighted by Crippen LogP contribution is 2.30. The van der Waals surface area contributed by atoms with Crippen molar-refractivity contribution in [2.45, 2.75) is 6.36 Å². The Morgan fingerprint density at radius 1 is 1.08 bits per heavy atom.